The van der Waals surface area contributed by atoms with Gasteiger partial charge >= 0.3 is 0 Å². The molecule has 1 N–H and O–H groups in total. The Balaban J connectivity index is 2.28. The quantitative estimate of drug-likeness (QED) is 0.741. The minimum Gasteiger partial charge on any atom is -0.306 e. The molecule has 0 saturated carbocycles. The number of hydrogen-bond donors (Lipinski definition) is 1. The highest BCUT2D eigenvalue weighted by molar-refractivity contribution is 6.31. The van der Waals surface area contributed by atoms with Gasteiger partial charge in [-0.05, 0) is 19.9 Å². The number of nitrogens with one attached hydrogen (secondary N) is 1. The lowest BCUT2D eigenvalue weighted by molar-refractivity contribution is 0.890. The minimum atomic E-state index is -0.289. The van der Waals surface area contributed by atoms with Gasteiger partial charge in [0.15, 0.2) is 0 Å². The fraction of sp³-hybridized carbons (Fsp3) is 0.143. The van der Waals surface area contributed by atoms with Crippen LogP contribution in [0.25, 0.3) is 16.9 Å². The van der Waals surface area contributed by atoms with Crippen LogP contribution in [-0.2, 0) is 0 Å². The molecule has 3 aromatic rings. The molecule has 0 aliphatic carbocycles. The van der Waals surface area contributed by atoms with Crippen LogP contribution in [-0.4, -0.2) is 14.6 Å². The lowest BCUT2D eigenvalue weighted by atomic mass is 10.1. The number of benzene rings is 1. The number of aromatic amines is 1. The molecule has 0 fully saturated rings. The maximum absolute atomic E-state index is 11.6. The number of rotatable bonds is 1. The van der Waals surface area contributed by atoms with Gasteiger partial charge in [0.2, 0.25) is 0 Å². The van der Waals surface area contributed by atoms with E-state index in [4.69, 9.17) is 11.6 Å². The Morgan fingerprint density at radius 2 is 2.05 bits per heavy atom. The van der Waals surface area contributed by atoms with E-state index in [1.807, 2.05) is 31.2 Å². The molecule has 5 heteroatoms. The van der Waals surface area contributed by atoms with Crippen LogP contribution in [0.4, 0.5) is 0 Å². The predicted molar refractivity (Wildman–Crippen MR) is 75.7 cm³/mol. The number of aromatic nitrogens is 3. The third kappa shape index (κ3) is 1.94. The van der Waals surface area contributed by atoms with Gasteiger partial charge in [0, 0.05) is 11.6 Å². The summed E-state index contributed by atoms with van der Waals surface area (Å²) in [5, 5.41) is 4.66. The molecular formula is C14H12ClN3O. The van der Waals surface area contributed by atoms with Gasteiger partial charge in [0.05, 0.1) is 11.4 Å². The Morgan fingerprint density at radius 3 is 2.79 bits per heavy atom. The van der Waals surface area contributed by atoms with E-state index < -0.39 is 0 Å². The zero-order valence-corrected chi connectivity index (χ0v) is 11.3. The molecular weight excluding hydrogens is 262 g/mol. The Hall–Kier alpha value is -2.07. The summed E-state index contributed by atoms with van der Waals surface area (Å²) in [6.45, 7) is 3.81. The van der Waals surface area contributed by atoms with Crippen LogP contribution in [0, 0.1) is 13.8 Å². The number of halogens is 1. The van der Waals surface area contributed by atoms with Crippen molar-refractivity contribution in [3.63, 3.8) is 0 Å². The molecule has 4 nitrogen and oxygen atoms in total. The van der Waals surface area contributed by atoms with Gasteiger partial charge in [-0.1, -0.05) is 35.4 Å². The Morgan fingerprint density at radius 1 is 1.26 bits per heavy atom. The fourth-order valence-electron chi connectivity index (χ4n) is 2.10. The average molecular weight is 274 g/mol. The van der Waals surface area contributed by atoms with Crippen molar-refractivity contribution in [2.75, 3.05) is 0 Å². The van der Waals surface area contributed by atoms with Crippen LogP contribution in [0.3, 0.4) is 0 Å². The molecule has 3 rings (SSSR count). The SMILES string of the molecule is Cc1cccc(-c2cc3[nH]c(=O)c(Cl)c(C)n3n2)c1. The van der Waals surface area contributed by atoms with E-state index in [0.29, 0.717) is 11.3 Å². The van der Waals surface area contributed by atoms with Gasteiger partial charge in [-0.2, -0.15) is 5.10 Å². The van der Waals surface area contributed by atoms with E-state index in [1.54, 1.807) is 11.4 Å². The summed E-state index contributed by atoms with van der Waals surface area (Å²) in [6, 6.07) is 9.90. The second-order valence-corrected chi connectivity index (χ2v) is 4.93. The Labute approximate surface area is 114 Å². The van der Waals surface area contributed by atoms with Crippen molar-refractivity contribution in [3.8, 4) is 11.3 Å². The molecule has 1 aromatic carbocycles. The fourth-order valence-corrected chi connectivity index (χ4v) is 2.23. The van der Waals surface area contributed by atoms with Crippen LogP contribution in [0.1, 0.15) is 11.3 Å². The highest BCUT2D eigenvalue weighted by atomic mass is 35.5. The lowest BCUT2D eigenvalue weighted by Gasteiger charge is -2.00. The molecule has 0 radical (unpaired) electrons. The first kappa shape index (κ1) is 12.0. The van der Waals surface area contributed by atoms with Crippen molar-refractivity contribution in [2.45, 2.75) is 13.8 Å². The van der Waals surface area contributed by atoms with E-state index in [2.05, 4.69) is 16.1 Å². The molecule has 0 bridgehead atoms. The highest BCUT2D eigenvalue weighted by Gasteiger charge is 2.11. The molecule has 0 atom stereocenters. The van der Waals surface area contributed by atoms with Gasteiger partial charge in [-0.15, -0.1) is 0 Å². The van der Waals surface area contributed by atoms with Crippen LogP contribution in [0.2, 0.25) is 5.02 Å². The molecule has 2 aromatic heterocycles. The first-order chi connectivity index (χ1) is 9.06. The van der Waals surface area contributed by atoms with Gasteiger partial charge in [0.25, 0.3) is 5.56 Å². The third-order valence-electron chi connectivity index (χ3n) is 3.10. The summed E-state index contributed by atoms with van der Waals surface area (Å²) in [6.07, 6.45) is 0. The van der Waals surface area contributed by atoms with Crippen LogP contribution >= 0.6 is 11.6 Å². The molecule has 0 saturated heterocycles. The summed E-state index contributed by atoms with van der Waals surface area (Å²) >= 11 is 5.93. The summed E-state index contributed by atoms with van der Waals surface area (Å²) in [7, 11) is 0. The van der Waals surface area contributed by atoms with E-state index in [9.17, 15) is 4.79 Å². The van der Waals surface area contributed by atoms with Gasteiger partial charge in [0.1, 0.15) is 10.7 Å². The Bertz CT molecular complexity index is 832. The second kappa shape index (κ2) is 4.24. The van der Waals surface area contributed by atoms with Crippen molar-refractivity contribution < 1.29 is 0 Å². The number of hydrogen-bond acceptors (Lipinski definition) is 2. The largest absolute Gasteiger partial charge is 0.306 e. The monoisotopic (exact) mass is 273 g/mol. The first-order valence-electron chi connectivity index (χ1n) is 5.91. The number of H-pyrrole nitrogens is 1. The standard InChI is InChI=1S/C14H12ClN3O/c1-8-4-3-5-10(6-8)11-7-12-16-14(19)13(15)9(2)18(12)17-11/h3-7H,1-2H3,(H,16,19). The van der Waals surface area contributed by atoms with Crippen LogP contribution in [0.5, 0.6) is 0 Å². The Kier molecular flexibility index (Phi) is 2.68. The predicted octanol–water partition coefficient (Wildman–Crippen LogP) is 2.96. The smallest absolute Gasteiger partial charge is 0.270 e. The first-order valence-corrected chi connectivity index (χ1v) is 6.29. The van der Waals surface area contributed by atoms with Crippen molar-refractivity contribution in [2.24, 2.45) is 0 Å². The summed E-state index contributed by atoms with van der Waals surface area (Å²) in [4.78, 5) is 14.3. The third-order valence-corrected chi connectivity index (χ3v) is 3.54. The van der Waals surface area contributed by atoms with Crippen LogP contribution in [0.15, 0.2) is 35.1 Å². The number of fused-ring (bicyclic) bond motifs is 1. The maximum atomic E-state index is 11.6. The van der Waals surface area contributed by atoms with Gasteiger partial charge < -0.3 is 4.98 Å². The van der Waals surface area contributed by atoms with E-state index in [-0.39, 0.29) is 10.6 Å². The molecule has 0 unspecified atom stereocenters. The highest BCUT2D eigenvalue weighted by Crippen LogP contribution is 2.21. The zero-order chi connectivity index (χ0) is 13.6. The van der Waals surface area contributed by atoms with Crippen molar-refractivity contribution in [1.82, 2.24) is 14.6 Å². The van der Waals surface area contributed by atoms with Gasteiger partial charge in [-0.25, -0.2) is 4.52 Å². The minimum absolute atomic E-state index is 0.173. The molecule has 0 aliphatic rings. The lowest BCUT2D eigenvalue weighted by Crippen LogP contribution is -2.12. The summed E-state index contributed by atoms with van der Waals surface area (Å²) in [5.41, 5.74) is 3.98. The number of nitrogens with zero attached hydrogens (tertiary/aromatic N) is 2. The molecule has 0 spiro atoms. The van der Waals surface area contributed by atoms with Crippen molar-refractivity contribution in [3.05, 3.63) is 57.0 Å². The van der Waals surface area contributed by atoms with Crippen LogP contribution < -0.4 is 5.56 Å². The molecule has 0 amide bonds. The van der Waals surface area contributed by atoms with E-state index >= 15 is 0 Å². The van der Waals surface area contributed by atoms with E-state index in [0.717, 1.165) is 16.8 Å². The average Bonchev–Trinajstić information content (AvgIpc) is 2.80. The molecule has 19 heavy (non-hydrogen) atoms. The molecule has 96 valence electrons. The molecule has 2 heterocycles. The maximum Gasteiger partial charge on any atom is 0.270 e. The topological polar surface area (TPSA) is 50.2 Å². The number of aryl methyl sites for hydroxylation is 2. The van der Waals surface area contributed by atoms with Gasteiger partial charge in [-0.3, -0.25) is 4.79 Å². The summed E-state index contributed by atoms with van der Waals surface area (Å²) in [5.74, 6) is 0. The van der Waals surface area contributed by atoms with E-state index in [1.165, 1.54) is 0 Å². The summed E-state index contributed by atoms with van der Waals surface area (Å²) < 4.78 is 1.65. The van der Waals surface area contributed by atoms with Crippen molar-refractivity contribution >= 4 is 17.2 Å². The second-order valence-electron chi connectivity index (χ2n) is 4.55. The molecule has 0 aliphatic heterocycles. The zero-order valence-electron chi connectivity index (χ0n) is 10.6. The normalized spacial score (nSPS) is 11.1. The van der Waals surface area contributed by atoms with Crippen molar-refractivity contribution in [1.29, 1.82) is 0 Å².